The first kappa shape index (κ1) is 17.2. The lowest BCUT2D eigenvalue weighted by molar-refractivity contribution is -0.0586. The molecule has 0 saturated carbocycles. The number of hydrogen-bond donors (Lipinski definition) is 1. The van der Waals surface area contributed by atoms with E-state index < -0.39 is 0 Å². The van der Waals surface area contributed by atoms with Crippen molar-refractivity contribution < 1.29 is 14.3 Å². The normalized spacial score (nSPS) is 20.2. The van der Waals surface area contributed by atoms with Gasteiger partial charge in [0, 0.05) is 29.9 Å². The third-order valence-corrected chi connectivity index (χ3v) is 4.13. The Morgan fingerprint density at radius 1 is 0.920 bits per heavy atom. The second kappa shape index (κ2) is 7.49. The molecule has 0 aromatic heterocycles. The molecule has 1 N–H and O–H groups in total. The SMILES string of the molecule is C[C@@H]1CN(C(=O)c2ccc(NC(=O)c3ccccc3)cc2)C[C@@H](C)O1. The molecule has 1 aliphatic rings. The average molecular weight is 338 g/mol. The summed E-state index contributed by atoms with van der Waals surface area (Å²) >= 11 is 0. The number of carbonyl (C=O) groups is 2. The summed E-state index contributed by atoms with van der Waals surface area (Å²) in [5.74, 6) is -0.182. The van der Waals surface area contributed by atoms with Gasteiger partial charge in [-0.2, -0.15) is 0 Å². The maximum atomic E-state index is 12.6. The smallest absolute Gasteiger partial charge is 0.255 e. The first-order valence-electron chi connectivity index (χ1n) is 8.44. The predicted molar refractivity (Wildman–Crippen MR) is 96.7 cm³/mol. The Hall–Kier alpha value is -2.66. The Kier molecular flexibility index (Phi) is 5.14. The van der Waals surface area contributed by atoms with E-state index in [0.717, 1.165) is 0 Å². The molecule has 1 saturated heterocycles. The van der Waals surface area contributed by atoms with Gasteiger partial charge in [0.15, 0.2) is 0 Å². The van der Waals surface area contributed by atoms with Crippen LogP contribution in [0.1, 0.15) is 34.6 Å². The van der Waals surface area contributed by atoms with E-state index in [0.29, 0.717) is 29.9 Å². The van der Waals surface area contributed by atoms with Gasteiger partial charge in [0.1, 0.15) is 0 Å². The van der Waals surface area contributed by atoms with Crippen molar-refractivity contribution in [2.45, 2.75) is 26.1 Å². The number of benzene rings is 2. The van der Waals surface area contributed by atoms with Crippen molar-refractivity contribution in [2.75, 3.05) is 18.4 Å². The highest BCUT2D eigenvalue weighted by Crippen LogP contribution is 2.17. The van der Waals surface area contributed by atoms with E-state index in [-0.39, 0.29) is 24.0 Å². The number of carbonyl (C=O) groups excluding carboxylic acids is 2. The average Bonchev–Trinajstić information content (AvgIpc) is 2.61. The van der Waals surface area contributed by atoms with Gasteiger partial charge in [-0.15, -0.1) is 0 Å². The summed E-state index contributed by atoms with van der Waals surface area (Å²) in [6, 6.07) is 16.0. The lowest BCUT2D eigenvalue weighted by Crippen LogP contribution is -2.48. The summed E-state index contributed by atoms with van der Waals surface area (Å²) in [4.78, 5) is 26.6. The van der Waals surface area contributed by atoms with Crippen LogP contribution in [-0.4, -0.2) is 42.0 Å². The van der Waals surface area contributed by atoms with Crippen LogP contribution in [0.25, 0.3) is 0 Å². The van der Waals surface area contributed by atoms with Gasteiger partial charge >= 0.3 is 0 Å². The maximum absolute atomic E-state index is 12.6. The van der Waals surface area contributed by atoms with Crippen LogP contribution in [0.3, 0.4) is 0 Å². The zero-order valence-electron chi connectivity index (χ0n) is 14.4. The van der Waals surface area contributed by atoms with Crippen molar-refractivity contribution in [1.82, 2.24) is 4.90 Å². The van der Waals surface area contributed by atoms with E-state index in [1.165, 1.54) is 0 Å². The Morgan fingerprint density at radius 2 is 1.52 bits per heavy atom. The zero-order valence-corrected chi connectivity index (χ0v) is 14.4. The number of nitrogens with one attached hydrogen (secondary N) is 1. The molecule has 2 aromatic rings. The van der Waals surface area contributed by atoms with Crippen LogP contribution in [0.4, 0.5) is 5.69 Å². The maximum Gasteiger partial charge on any atom is 0.255 e. The van der Waals surface area contributed by atoms with Gasteiger partial charge in [-0.3, -0.25) is 9.59 Å². The van der Waals surface area contributed by atoms with Crippen LogP contribution in [0.2, 0.25) is 0 Å². The number of anilines is 1. The summed E-state index contributed by atoms with van der Waals surface area (Å²) in [7, 11) is 0. The van der Waals surface area contributed by atoms with E-state index in [9.17, 15) is 9.59 Å². The minimum Gasteiger partial charge on any atom is -0.372 e. The third-order valence-electron chi connectivity index (χ3n) is 4.13. The van der Waals surface area contributed by atoms with Crippen molar-refractivity contribution in [3.05, 3.63) is 65.7 Å². The first-order chi connectivity index (χ1) is 12.0. The molecular weight excluding hydrogens is 316 g/mol. The van der Waals surface area contributed by atoms with E-state index >= 15 is 0 Å². The van der Waals surface area contributed by atoms with Crippen LogP contribution < -0.4 is 5.32 Å². The van der Waals surface area contributed by atoms with Crippen LogP contribution in [0.5, 0.6) is 0 Å². The summed E-state index contributed by atoms with van der Waals surface area (Å²) < 4.78 is 5.67. The molecule has 0 unspecified atom stereocenters. The highest BCUT2D eigenvalue weighted by atomic mass is 16.5. The Bertz CT molecular complexity index is 733. The number of nitrogens with zero attached hydrogens (tertiary/aromatic N) is 1. The van der Waals surface area contributed by atoms with Gasteiger partial charge in [-0.1, -0.05) is 18.2 Å². The fraction of sp³-hybridized carbons (Fsp3) is 0.300. The molecule has 5 nitrogen and oxygen atoms in total. The van der Waals surface area contributed by atoms with Gasteiger partial charge in [-0.25, -0.2) is 0 Å². The van der Waals surface area contributed by atoms with Crippen molar-refractivity contribution in [1.29, 1.82) is 0 Å². The number of morpholine rings is 1. The molecule has 2 aromatic carbocycles. The molecule has 0 aliphatic carbocycles. The monoisotopic (exact) mass is 338 g/mol. The lowest BCUT2D eigenvalue weighted by atomic mass is 10.1. The van der Waals surface area contributed by atoms with E-state index in [2.05, 4.69) is 5.32 Å². The number of hydrogen-bond acceptors (Lipinski definition) is 3. The van der Waals surface area contributed by atoms with E-state index in [4.69, 9.17) is 4.74 Å². The highest BCUT2D eigenvalue weighted by Gasteiger charge is 2.26. The molecule has 5 heteroatoms. The molecule has 0 radical (unpaired) electrons. The van der Waals surface area contributed by atoms with Gasteiger partial charge in [0.25, 0.3) is 11.8 Å². The quantitative estimate of drug-likeness (QED) is 0.935. The van der Waals surface area contributed by atoms with Crippen LogP contribution in [0, 0.1) is 0 Å². The van der Waals surface area contributed by atoms with Gasteiger partial charge in [0.2, 0.25) is 0 Å². The highest BCUT2D eigenvalue weighted by molar-refractivity contribution is 6.04. The second-order valence-corrected chi connectivity index (χ2v) is 6.36. The van der Waals surface area contributed by atoms with E-state index in [1.807, 2.05) is 36.9 Å². The molecule has 3 rings (SSSR count). The molecule has 0 bridgehead atoms. The Labute approximate surface area is 147 Å². The van der Waals surface area contributed by atoms with Crippen LogP contribution in [-0.2, 0) is 4.74 Å². The van der Waals surface area contributed by atoms with Crippen molar-refractivity contribution in [3.63, 3.8) is 0 Å². The first-order valence-corrected chi connectivity index (χ1v) is 8.44. The molecule has 1 fully saturated rings. The molecule has 2 atom stereocenters. The minimum atomic E-state index is -0.171. The molecular formula is C20H22N2O3. The van der Waals surface area contributed by atoms with Crippen molar-refractivity contribution in [2.24, 2.45) is 0 Å². The second-order valence-electron chi connectivity index (χ2n) is 6.36. The van der Waals surface area contributed by atoms with Crippen LogP contribution in [0.15, 0.2) is 54.6 Å². The predicted octanol–water partition coefficient (Wildman–Crippen LogP) is 3.19. The van der Waals surface area contributed by atoms with Crippen LogP contribution >= 0.6 is 0 Å². The van der Waals surface area contributed by atoms with E-state index in [1.54, 1.807) is 36.4 Å². The summed E-state index contributed by atoms with van der Waals surface area (Å²) in [6.07, 6.45) is 0.0780. The summed E-state index contributed by atoms with van der Waals surface area (Å²) in [6.45, 7) is 5.13. The summed E-state index contributed by atoms with van der Waals surface area (Å²) in [5.41, 5.74) is 1.87. The molecule has 25 heavy (non-hydrogen) atoms. The summed E-state index contributed by atoms with van der Waals surface area (Å²) in [5, 5.41) is 2.83. The molecule has 1 heterocycles. The topological polar surface area (TPSA) is 58.6 Å². The minimum absolute atomic E-state index is 0.0112. The van der Waals surface area contributed by atoms with Crippen molar-refractivity contribution in [3.8, 4) is 0 Å². The number of rotatable bonds is 3. The Balaban J connectivity index is 1.66. The fourth-order valence-corrected chi connectivity index (χ4v) is 3.02. The zero-order chi connectivity index (χ0) is 17.8. The Morgan fingerprint density at radius 3 is 2.12 bits per heavy atom. The molecule has 2 amide bonds. The standard InChI is InChI=1S/C20H22N2O3/c1-14-12-22(13-15(2)25-14)20(24)17-8-10-18(11-9-17)21-19(23)16-6-4-3-5-7-16/h3-11,14-15H,12-13H2,1-2H3,(H,21,23)/t14-,15-/m1/s1. The van der Waals surface area contributed by atoms with Gasteiger partial charge < -0.3 is 15.0 Å². The third kappa shape index (κ3) is 4.25. The largest absolute Gasteiger partial charge is 0.372 e. The van der Waals surface area contributed by atoms with Gasteiger partial charge in [-0.05, 0) is 50.2 Å². The molecule has 1 aliphatic heterocycles. The molecule has 130 valence electrons. The van der Waals surface area contributed by atoms with Gasteiger partial charge in [0.05, 0.1) is 12.2 Å². The number of amides is 2. The molecule has 0 spiro atoms. The van der Waals surface area contributed by atoms with Crippen molar-refractivity contribution >= 4 is 17.5 Å². The lowest BCUT2D eigenvalue weighted by Gasteiger charge is -2.35. The fourth-order valence-electron chi connectivity index (χ4n) is 3.02. The number of ether oxygens (including phenoxy) is 1.